The van der Waals surface area contributed by atoms with Crippen LogP contribution in [0.3, 0.4) is 0 Å². The van der Waals surface area contributed by atoms with E-state index in [-0.39, 0.29) is 24.8 Å². The van der Waals surface area contributed by atoms with E-state index in [0.717, 1.165) is 11.6 Å². The largest absolute Gasteiger partial charge is 0.342 e. The molecule has 3 rings (SSSR count). The van der Waals surface area contributed by atoms with E-state index in [2.05, 4.69) is 11.9 Å². The lowest BCUT2D eigenvalue weighted by Crippen LogP contribution is -2.23. The molecule has 1 aliphatic rings. The first kappa shape index (κ1) is 20.2. The number of allylic oxidation sites excluding steroid dienone is 1. The maximum atomic E-state index is 14.8. The molecule has 1 aromatic carbocycles. The molecule has 28 heavy (non-hydrogen) atoms. The number of anilines is 1. The van der Waals surface area contributed by atoms with Gasteiger partial charge < -0.3 is 9.88 Å². The van der Waals surface area contributed by atoms with Crippen LogP contribution in [0.25, 0.3) is 17.0 Å². The van der Waals surface area contributed by atoms with Crippen molar-refractivity contribution in [3.63, 3.8) is 0 Å². The van der Waals surface area contributed by atoms with Crippen LogP contribution in [-0.4, -0.2) is 16.4 Å². The van der Waals surface area contributed by atoms with Crippen LogP contribution in [0.2, 0.25) is 0 Å². The van der Waals surface area contributed by atoms with Gasteiger partial charge in [-0.25, -0.2) is 13.2 Å². The summed E-state index contributed by atoms with van der Waals surface area (Å²) in [6, 6.07) is 3.06. The van der Waals surface area contributed by atoms with Crippen molar-refractivity contribution in [2.45, 2.75) is 51.5 Å². The van der Waals surface area contributed by atoms with Gasteiger partial charge in [0.05, 0.1) is 5.52 Å². The summed E-state index contributed by atoms with van der Waals surface area (Å²) in [6.45, 7) is 7.33. The molecule has 0 unspecified atom stereocenters. The van der Waals surface area contributed by atoms with Gasteiger partial charge in [-0.05, 0) is 56.4 Å². The van der Waals surface area contributed by atoms with Crippen LogP contribution in [-0.2, 0) is 4.79 Å². The van der Waals surface area contributed by atoms with E-state index in [1.54, 1.807) is 6.07 Å². The second-order valence-corrected chi connectivity index (χ2v) is 7.69. The lowest BCUT2D eigenvalue weighted by Gasteiger charge is -2.26. The fourth-order valence-corrected chi connectivity index (χ4v) is 3.67. The molecule has 0 bridgehead atoms. The number of nitrogens with zero attached hydrogens (tertiary/aromatic N) is 1. The van der Waals surface area contributed by atoms with Crippen molar-refractivity contribution < 1.29 is 18.0 Å². The van der Waals surface area contributed by atoms with Crippen LogP contribution in [0.4, 0.5) is 18.9 Å². The van der Waals surface area contributed by atoms with Gasteiger partial charge in [0, 0.05) is 36.2 Å². The fraction of sp³-hybridized carbons (Fsp3) is 0.409. The molecule has 3 nitrogen and oxygen atoms in total. The number of rotatable bonds is 5. The van der Waals surface area contributed by atoms with Gasteiger partial charge in [-0.15, -0.1) is 0 Å². The van der Waals surface area contributed by atoms with Gasteiger partial charge in [-0.3, -0.25) is 4.79 Å². The molecule has 6 heteroatoms. The first-order valence-electron chi connectivity index (χ1n) is 9.54. The molecule has 1 N–H and O–H groups in total. The van der Waals surface area contributed by atoms with Crippen molar-refractivity contribution in [1.82, 2.24) is 4.57 Å². The third kappa shape index (κ3) is 4.32. The van der Waals surface area contributed by atoms with Gasteiger partial charge in [-0.2, -0.15) is 0 Å². The zero-order chi connectivity index (χ0) is 20.5. The number of benzene rings is 1. The smallest absolute Gasteiger partial charge is 0.248 e. The van der Waals surface area contributed by atoms with E-state index >= 15 is 0 Å². The topological polar surface area (TPSA) is 34.0 Å². The summed E-state index contributed by atoms with van der Waals surface area (Å²) in [5.74, 6) is -3.31. The van der Waals surface area contributed by atoms with Gasteiger partial charge in [-0.1, -0.05) is 18.7 Å². The molecular formula is C22H25F3N2O. The van der Waals surface area contributed by atoms with E-state index in [0.29, 0.717) is 29.4 Å². The van der Waals surface area contributed by atoms with Crippen molar-refractivity contribution in [1.29, 1.82) is 0 Å². The predicted octanol–water partition coefficient (Wildman–Crippen LogP) is 6.32. The Bertz CT molecular complexity index is 917. The second-order valence-electron chi connectivity index (χ2n) is 7.69. The number of carbonyl (C=O) groups excluding carboxylic acids is 1. The summed E-state index contributed by atoms with van der Waals surface area (Å²) in [5, 5.41) is 3.26. The number of halogens is 3. The standard InChI is InChI=1S/C22H25F3N2O/c1-4-20(28)26-17-11-18-16(6-5-15-7-9-22(24,25)10-8-15)13-27(14(2)3)21(18)19(23)12-17/h4-6,11-15H,1,7-10H2,2-3H3,(H,26,28)/b6-5+. The van der Waals surface area contributed by atoms with Crippen molar-refractivity contribution in [2.24, 2.45) is 5.92 Å². The highest BCUT2D eigenvalue weighted by molar-refractivity contribution is 6.01. The molecule has 2 aromatic rings. The number of amides is 1. The Morgan fingerprint density at radius 1 is 1.32 bits per heavy atom. The highest BCUT2D eigenvalue weighted by Crippen LogP contribution is 2.37. The van der Waals surface area contributed by atoms with E-state index < -0.39 is 17.6 Å². The highest BCUT2D eigenvalue weighted by atomic mass is 19.3. The third-order valence-corrected chi connectivity index (χ3v) is 5.23. The summed E-state index contributed by atoms with van der Waals surface area (Å²) in [4.78, 5) is 11.6. The molecule has 1 amide bonds. The van der Waals surface area contributed by atoms with E-state index in [1.807, 2.05) is 36.8 Å². The number of carbonyl (C=O) groups is 1. The number of aromatic nitrogens is 1. The molecule has 1 aliphatic carbocycles. The second kappa shape index (κ2) is 7.86. The molecule has 150 valence electrons. The van der Waals surface area contributed by atoms with E-state index in [4.69, 9.17) is 0 Å². The first-order valence-corrected chi connectivity index (χ1v) is 9.54. The number of alkyl halides is 2. The Hall–Kier alpha value is -2.50. The zero-order valence-corrected chi connectivity index (χ0v) is 16.1. The first-order chi connectivity index (χ1) is 13.2. The predicted molar refractivity (Wildman–Crippen MR) is 107 cm³/mol. The average Bonchev–Trinajstić information content (AvgIpc) is 3.00. The van der Waals surface area contributed by atoms with Gasteiger partial charge in [0.1, 0.15) is 5.82 Å². The quantitative estimate of drug-likeness (QED) is 0.595. The molecule has 1 aromatic heterocycles. The fourth-order valence-electron chi connectivity index (χ4n) is 3.67. The molecule has 1 saturated carbocycles. The lowest BCUT2D eigenvalue weighted by molar-refractivity contribution is -0.111. The molecular weight excluding hydrogens is 365 g/mol. The summed E-state index contributed by atoms with van der Waals surface area (Å²) in [6.07, 6.45) is 7.52. The van der Waals surface area contributed by atoms with E-state index in [1.165, 1.54) is 6.07 Å². The maximum absolute atomic E-state index is 14.8. The van der Waals surface area contributed by atoms with Crippen LogP contribution < -0.4 is 5.32 Å². The molecule has 0 spiro atoms. The average molecular weight is 390 g/mol. The number of hydrogen-bond acceptors (Lipinski definition) is 1. The van der Waals surface area contributed by atoms with E-state index in [9.17, 15) is 18.0 Å². The van der Waals surface area contributed by atoms with Crippen LogP contribution in [0.15, 0.2) is 37.1 Å². The Morgan fingerprint density at radius 2 is 2.00 bits per heavy atom. The van der Waals surface area contributed by atoms with Crippen molar-refractivity contribution in [2.75, 3.05) is 5.32 Å². The summed E-state index contributed by atoms with van der Waals surface area (Å²) < 4.78 is 43.4. The Morgan fingerprint density at radius 3 is 2.61 bits per heavy atom. The minimum atomic E-state index is -2.56. The highest BCUT2D eigenvalue weighted by Gasteiger charge is 2.33. The summed E-state index contributed by atoms with van der Waals surface area (Å²) >= 11 is 0. The Kier molecular flexibility index (Phi) is 5.68. The Balaban J connectivity index is 1.97. The molecule has 1 heterocycles. The molecule has 0 atom stereocenters. The number of fused-ring (bicyclic) bond motifs is 1. The van der Waals surface area contributed by atoms with Crippen LogP contribution in [0, 0.1) is 11.7 Å². The lowest BCUT2D eigenvalue weighted by atomic mass is 9.86. The number of hydrogen-bond donors (Lipinski definition) is 1. The van der Waals surface area contributed by atoms with Gasteiger partial charge in [0.25, 0.3) is 0 Å². The number of nitrogens with one attached hydrogen (secondary N) is 1. The molecule has 0 aliphatic heterocycles. The maximum Gasteiger partial charge on any atom is 0.248 e. The summed E-state index contributed by atoms with van der Waals surface area (Å²) in [7, 11) is 0. The van der Waals surface area contributed by atoms with Gasteiger partial charge in [0.15, 0.2) is 0 Å². The molecule has 0 radical (unpaired) electrons. The SMILES string of the molecule is C=CC(=O)Nc1cc(F)c2c(c1)c(/C=C/C1CCC(F)(F)CC1)cn2C(C)C. The van der Waals surface area contributed by atoms with Crippen LogP contribution in [0.5, 0.6) is 0 Å². The van der Waals surface area contributed by atoms with Crippen molar-refractivity contribution in [3.05, 3.63) is 48.4 Å². The van der Waals surface area contributed by atoms with Gasteiger partial charge in [0.2, 0.25) is 11.8 Å². The minimum Gasteiger partial charge on any atom is -0.342 e. The Labute approximate surface area is 162 Å². The van der Waals surface area contributed by atoms with Crippen LogP contribution in [0.1, 0.15) is 51.1 Å². The minimum absolute atomic E-state index is 0.0427. The van der Waals surface area contributed by atoms with Crippen molar-refractivity contribution >= 4 is 28.6 Å². The van der Waals surface area contributed by atoms with Crippen LogP contribution >= 0.6 is 0 Å². The third-order valence-electron chi connectivity index (χ3n) is 5.23. The monoisotopic (exact) mass is 390 g/mol. The zero-order valence-electron chi connectivity index (χ0n) is 16.1. The van der Waals surface area contributed by atoms with Crippen molar-refractivity contribution in [3.8, 4) is 0 Å². The summed E-state index contributed by atoms with van der Waals surface area (Å²) in [5.41, 5.74) is 1.61. The molecule has 1 fully saturated rings. The normalized spacial score (nSPS) is 17.5. The van der Waals surface area contributed by atoms with Gasteiger partial charge >= 0.3 is 0 Å². The molecule has 0 saturated heterocycles.